The van der Waals surface area contributed by atoms with E-state index in [1.54, 1.807) is 0 Å². The molecule has 0 radical (unpaired) electrons. The van der Waals surface area contributed by atoms with E-state index in [4.69, 9.17) is 0 Å². The second kappa shape index (κ2) is 4.78. The monoisotopic (exact) mass is 232 g/mol. The molecule has 1 N–H and O–H groups in total. The van der Waals surface area contributed by atoms with Gasteiger partial charge in [-0.1, -0.05) is 0 Å². The van der Waals surface area contributed by atoms with Crippen LogP contribution in [-0.2, 0) is 6.42 Å². The van der Waals surface area contributed by atoms with Gasteiger partial charge < -0.3 is 10.2 Å². The standard InChI is InChI=1S/C14H20N2O/c1-4-16(10(2)3)14(17)12-5-6-13-11(9-12)7-8-15-13/h5-6,9-10,15H,4,7-8H2,1-3H3. The molecule has 0 aromatic heterocycles. The fraction of sp³-hybridized carbons (Fsp3) is 0.500. The molecule has 0 aliphatic carbocycles. The first kappa shape index (κ1) is 12.0. The lowest BCUT2D eigenvalue weighted by Gasteiger charge is -2.25. The van der Waals surface area contributed by atoms with Gasteiger partial charge in [-0.3, -0.25) is 4.79 Å². The Morgan fingerprint density at radius 2 is 2.24 bits per heavy atom. The van der Waals surface area contributed by atoms with Crippen LogP contribution < -0.4 is 5.32 Å². The minimum atomic E-state index is 0.136. The zero-order chi connectivity index (χ0) is 12.4. The molecule has 0 atom stereocenters. The smallest absolute Gasteiger partial charge is 0.254 e. The second-order valence-electron chi connectivity index (χ2n) is 4.73. The Morgan fingerprint density at radius 3 is 2.88 bits per heavy atom. The third kappa shape index (κ3) is 2.28. The highest BCUT2D eigenvalue weighted by Gasteiger charge is 2.19. The summed E-state index contributed by atoms with van der Waals surface area (Å²) in [5.74, 6) is 0.136. The van der Waals surface area contributed by atoms with E-state index in [0.717, 1.165) is 25.1 Å². The Labute approximate surface area is 103 Å². The number of carbonyl (C=O) groups excluding carboxylic acids is 1. The summed E-state index contributed by atoms with van der Waals surface area (Å²) in [6.07, 6.45) is 1.02. The number of rotatable bonds is 3. The zero-order valence-electron chi connectivity index (χ0n) is 10.8. The number of carbonyl (C=O) groups is 1. The van der Waals surface area contributed by atoms with Crippen LogP contribution in [-0.4, -0.2) is 29.9 Å². The molecule has 2 rings (SSSR count). The average Bonchev–Trinajstić information content (AvgIpc) is 2.75. The molecular formula is C14H20N2O. The number of hydrogen-bond donors (Lipinski definition) is 1. The lowest BCUT2D eigenvalue weighted by molar-refractivity contribution is 0.0717. The Kier molecular flexibility index (Phi) is 3.36. The first-order chi connectivity index (χ1) is 8.13. The van der Waals surface area contributed by atoms with Crippen molar-refractivity contribution < 1.29 is 4.79 Å². The predicted molar refractivity (Wildman–Crippen MR) is 70.5 cm³/mol. The van der Waals surface area contributed by atoms with Gasteiger partial charge in [-0.15, -0.1) is 0 Å². The average molecular weight is 232 g/mol. The summed E-state index contributed by atoms with van der Waals surface area (Å²) >= 11 is 0. The van der Waals surface area contributed by atoms with Gasteiger partial charge in [-0.05, 0) is 51.0 Å². The Balaban J connectivity index is 2.25. The number of nitrogens with zero attached hydrogens (tertiary/aromatic N) is 1. The minimum Gasteiger partial charge on any atom is -0.384 e. The van der Waals surface area contributed by atoms with E-state index in [2.05, 4.69) is 19.2 Å². The molecule has 1 aromatic carbocycles. The molecule has 0 bridgehead atoms. The van der Waals surface area contributed by atoms with Crippen molar-refractivity contribution in [3.05, 3.63) is 29.3 Å². The van der Waals surface area contributed by atoms with Gasteiger partial charge in [0.1, 0.15) is 0 Å². The van der Waals surface area contributed by atoms with Gasteiger partial charge in [-0.25, -0.2) is 0 Å². The van der Waals surface area contributed by atoms with Crippen LogP contribution in [0.5, 0.6) is 0 Å². The molecule has 1 amide bonds. The molecule has 1 aliphatic heterocycles. The summed E-state index contributed by atoms with van der Waals surface area (Å²) in [4.78, 5) is 14.2. The molecule has 0 saturated heterocycles. The van der Waals surface area contributed by atoms with E-state index >= 15 is 0 Å². The number of benzene rings is 1. The fourth-order valence-corrected chi connectivity index (χ4v) is 2.35. The summed E-state index contributed by atoms with van der Waals surface area (Å²) in [7, 11) is 0. The van der Waals surface area contributed by atoms with E-state index < -0.39 is 0 Å². The zero-order valence-corrected chi connectivity index (χ0v) is 10.8. The van der Waals surface area contributed by atoms with Crippen LogP contribution in [0.4, 0.5) is 5.69 Å². The SMILES string of the molecule is CCN(C(=O)c1ccc2c(c1)CCN2)C(C)C. The fourth-order valence-electron chi connectivity index (χ4n) is 2.35. The summed E-state index contributed by atoms with van der Waals surface area (Å²) < 4.78 is 0. The number of amides is 1. The molecular weight excluding hydrogens is 212 g/mol. The number of nitrogens with one attached hydrogen (secondary N) is 1. The van der Waals surface area contributed by atoms with Crippen molar-refractivity contribution in [1.29, 1.82) is 0 Å². The number of anilines is 1. The maximum absolute atomic E-state index is 12.3. The van der Waals surface area contributed by atoms with E-state index in [-0.39, 0.29) is 11.9 Å². The van der Waals surface area contributed by atoms with E-state index in [1.807, 2.05) is 30.0 Å². The highest BCUT2D eigenvalue weighted by molar-refractivity contribution is 5.95. The van der Waals surface area contributed by atoms with Gasteiger partial charge in [0.25, 0.3) is 5.91 Å². The summed E-state index contributed by atoms with van der Waals surface area (Å²) in [6.45, 7) is 7.86. The first-order valence-corrected chi connectivity index (χ1v) is 6.31. The molecule has 1 aliphatic rings. The van der Waals surface area contributed by atoms with Crippen molar-refractivity contribution in [3.8, 4) is 0 Å². The lowest BCUT2D eigenvalue weighted by Crippen LogP contribution is -2.36. The Morgan fingerprint density at radius 1 is 1.47 bits per heavy atom. The first-order valence-electron chi connectivity index (χ1n) is 6.31. The molecule has 0 saturated carbocycles. The van der Waals surface area contributed by atoms with Gasteiger partial charge in [0.15, 0.2) is 0 Å². The van der Waals surface area contributed by atoms with Crippen molar-refractivity contribution in [2.45, 2.75) is 33.2 Å². The van der Waals surface area contributed by atoms with Crippen LogP contribution in [0.25, 0.3) is 0 Å². The number of hydrogen-bond acceptors (Lipinski definition) is 2. The molecule has 0 spiro atoms. The van der Waals surface area contributed by atoms with Crippen molar-refractivity contribution in [2.24, 2.45) is 0 Å². The van der Waals surface area contributed by atoms with E-state index in [0.29, 0.717) is 0 Å². The molecule has 0 unspecified atom stereocenters. The quantitative estimate of drug-likeness (QED) is 0.868. The summed E-state index contributed by atoms with van der Waals surface area (Å²) in [5.41, 5.74) is 3.24. The highest BCUT2D eigenvalue weighted by Crippen LogP contribution is 2.23. The van der Waals surface area contributed by atoms with Crippen LogP contribution in [0.1, 0.15) is 36.7 Å². The molecule has 3 nitrogen and oxygen atoms in total. The minimum absolute atomic E-state index is 0.136. The summed E-state index contributed by atoms with van der Waals surface area (Å²) in [6, 6.07) is 6.22. The van der Waals surface area contributed by atoms with Gasteiger partial charge in [0.2, 0.25) is 0 Å². The van der Waals surface area contributed by atoms with Crippen LogP contribution >= 0.6 is 0 Å². The lowest BCUT2D eigenvalue weighted by atomic mass is 10.1. The second-order valence-corrected chi connectivity index (χ2v) is 4.73. The number of fused-ring (bicyclic) bond motifs is 1. The highest BCUT2D eigenvalue weighted by atomic mass is 16.2. The Hall–Kier alpha value is -1.51. The van der Waals surface area contributed by atoms with E-state index in [9.17, 15) is 4.79 Å². The summed E-state index contributed by atoms with van der Waals surface area (Å²) in [5, 5.41) is 3.31. The predicted octanol–water partition coefficient (Wildman–Crippen LogP) is 2.53. The normalized spacial score (nSPS) is 13.4. The van der Waals surface area contributed by atoms with Gasteiger partial charge in [-0.2, -0.15) is 0 Å². The van der Waals surface area contributed by atoms with Crippen LogP contribution in [0.15, 0.2) is 18.2 Å². The molecule has 1 aromatic rings. The van der Waals surface area contributed by atoms with Gasteiger partial charge in [0.05, 0.1) is 0 Å². The maximum atomic E-state index is 12.3. The molecule has 1 heterocycles. The van der Waals surface area contributed by atoms with Crippen molar-refractivity contribution in [1.82, 2.24) is 4.90 Å². The van der Waals surface area contributed by atoms with Crippen LogP contribution in [0.3, 0.4) is 0 Å². The molecule has 17 heavy (non-hydrogen) atoms. The van der Waals surface area contributed by atoms with Gasteiger partial charge >= 0.3 is 0 Å². The molecule has 92 valence electrons. The molecule has 0 fully saturated rings. The van der Waals surface area contributed by atoms with Crippen LogP contribution in [0, 0.1) is 0 Å². The van der Waals surface area contributed by atoms with E-state index in [1.165, 1.54) is 11.3 Å². The maximum Gasteiger partial charge on any atom is 0.254 e. The third-order valence-corrected chi connectivity index (χ3v) is 3.29. The Bertz CT molecular complexity index is 426. The van der Waals surface area contributed by atoms with Crippen molar-refractivity contribution >= 4 is 11.6 Å². The van der Waals surface area contributed by atoms with Crippen molar-refractivity contribution in [3.63, 3.8) is 0 Å². The third-order valence-electron chi connectivity index (χ3n) is 3.29. The largest absolute Gasteiger partial charge is 0.384 e. The molecule has 3 heteroatoms. The topological polar surface area (TPSA) is 32.3 Å². The van der Waals surface area contributed by atoms with Crippen LogP contribution in [0.2, 0.25) is 0 Å². The van der Waals surface area contributed by atoms with Crippen molar-refractivity contribution in [2.75, 3.05) is 18.4 Å². The van der Waals surface area contributed by atoms with Gasteiger partial charge in [0, 0.05) is 30.4 Å².